The van der Waals surface area contributed by atoms with E-state index in [4.69, 9.17) is 11.6 Å². The Morgan fingerprint density at radius 3 is 2.73 bits per heavy atom. The van der Waals surface area contributed by atoms with Crippen LogP contribution in [-0.2, 0) is 0 Å². The Kier molecular flexibility index (Phi) is 3.92. The summed E-state index contributed by atoms with van der Waals surface area (Å²) in [7, 11) is 0. The van der Waals surface area contributed by atoms with Crippen molar-refractivity contribution in [3.63, 3.8) is 0 Å². The lowest BCUT2D eigenvalue weighted by molar-refractivity contribution is 0.0647. The van der Waals surface area contributed by atoms with E-state index in [1.165, 1.54) is 0 Å². The van der Waals surface area contributed by atoms with Crippen LogP contribution in [0.5, 0.6) is 0 Å². The topological polar surface area (TPSA) is 58.0 Å². The number of nitrogens with zero attached hydrogens (tertiary/aromatic N) is 2. The number of rotatable bonds is 3. The van der Waals surface area contributed by atoms with Crippen molar-refractivity contribution in [3.05, 3.63) is 16.0 Å². The minimum absolute atomic E-state index is 0.153. The van der Waals surface area contributed by atoms with E-state index in [0.717, 1.165) is 0 Å². The second-order valence-corrected chi connectivity index (χ2v) is 5.05. The first-order valence-corrected chi connectivity index (χ1v) is 5.64. The van der Waals surface area contributed by atoms with Gasteiger partial charge in [-0.15, -0.1) is 0 Å². The van der Waals surface area contributed by atoms with Crippen LogP contribution in [0.3, 0.4) is 0 Å². The third kappa shape index (κ3) is 3.59. The fourth-order valence-electron chi connectivity index (χ4n) is 0.829. The average Bonchev–Trinajstić information content (AvgIpc) is 2.09. The van der Waals surface area contributed by atoms with Crippen molar-refractivity contribution in [2.45, 2.75) is 32.4 Å². The van der Waals surface area contributed by atoms with Crippen LogP contribution in [0, 0.1) is 0 Å². The molecule has 0 aromatic carbocycles. The second-order valence-electron chi connectivity index (χ2n) is 3.86. The molecule has 0 aliphatic carbocycles. The largest absolute Gasteiger partial charge is 0.388 e. The van der Waals surface area contributed by atoms with Crippen LogP contribution in [-0.4, -0.2) is 26.7 Å². The Morgan fingerprint density at radius 1 is 1.60 bits per heavy atom. The predicted molar refractivity (Wildman–Crippen MR) is 64.1 cm³/mol. The molecule has 1 heterocycles. The van der Waals surface area contributed by atoms with Crippen molar-refractivity contribution >= 4 is 33.3 Å². The molecule has 2 N–H and O–H groups in total. The van der Waals surface area contributed by atoms with E-state index in [1.54, 1.807) is 20.0 Å². The molecular formula is C9H13BrClN3O. The maximum absolute atomic E-state index is 9.75. The van der Waals surface area contributed by atoms with Gasteiger partial charge in [-0.25, -0.2) is 4.98 Å². The third-order valence-corrected chi connectivity index (χ3v) is 2.89. The maximum Gasteiger partial charge on any atom is 0.224 e. The zero-order valence-electron chi connectivity index (χ0n) is 8.75. The van der Waals surface area contributed by atoms with Crippen LogP contribution in [0.2, 0.25) is 5.28 Å². The summed E-state index contributed by atoms with van der Waals surface area (Å²) in [4.78, 5) is 7.83. The molecule has 1 unspecified atom stereocenters. The molecule has 4 nitrogen and oxygen atoms in total. The van der Waals surface area contributed by atoms with Gasteiger partial charge in [0.1, 0.15) is 5.82 Å². The minimum atomic E-state index is -0.836. The minimum Gasteiger partial charge on any atom is -0.388 e. The number of halogens is 2. The number of anilines is 1. The van der Waals surface area contributed by atoms with Gasteiger partial charge in [-0.1, -0.05) is 0 Å². The van der Waals surface area contributed by atoms with Crippen molar-refractivity contribution in [2.24, 2.45) is 0 Å². The Balaban J connectivity index is 2.85. The fraction of sp³-hybridized carbons (Fsp3) is 0.556. The zero-order chi connectivity index (χ0) is 11.6. The number of hydrogen-bond acceptors (Lipinski definition) is 4. The van der Waals surface area contributed by atoms with Gasteiger partial charge in [0.25, 0.3) is 0 Å². The number of aromatic nitrogens is 2. The molecule has 0 fully saturated rings. The highest BCUT2D eigenvalue weighted by molar-refractivity contribution is 9.10. The van der Waals surface area contributed by atoms with Crippen LogP contribution in [0.1, 0.15) is 20.8 Å². The summed E-state index contributed by atoms with van der Waals surface area (Å²) in [5.74, 6) is 0.574. The molecule has 1 rings (SSSR count). The summed E-state index contributed by atoms with van der Waals surface area (Å²) in [6.07, 6.45) is 1.56. The smallest absolute Gasteiger partial charge is 0.224 e. The third-order valence-electron chi connectivity index (χ3n) is 2.13. The van der Waals surface area contributed by atoms with Crippen LogP contribution in [0.25, 0.3) is 0 Å². The van der Waals surface area contributed by atoms with E-state index in [-0.39, 0.29) is 11.3 Å². The van der Waals surface area contributed by atoms with Crippen molar-refractivity contribution in [3.8, 4) is 0 Å². The van der Waals surface area contributed by atoms with Gasteiger partial charge in [0.2, 0.25) is 5.28 Å². The Morgan fingerprint density at radius 2 is 2.20 bits per heavy atom. The highest BCUT2D eigenvalue weighted by atomic mass is 79.9. The van der Waals surface area contributed by atoms with Crippen LogP contribution < -0.4 is 5.32 Å². The quantitative estimate of drug-likeness (QED) is 0.841. The highest BCUT2D eigenvalue weighted by Gasteiger charge is 2.23. The summed E-state index contributed by atoms with van der Waals surface area (Å²) < 4.78 is 0.711. The average molecular weight is 295 g/mol. The van der Waals surface area contributed by atoms with Crippen LogP contribution in [0.4, 0.5) is 5.82 Å². The van der Waals surface area contributed by atoms with E-state index in [2.05, 4.69) is 31.2 Å². The van der Waals surface area contributed by atoms with E-state index in [0.29, 0.717) is 10.3 Å². The number of hydrogen-bond donors (Lipinski definition) is 2. The van der Waals surface area contributed by atoms with Gasteiger partial charge in [0, 0.05) is 6.20 Å². The summed E-state index contributed by atoms with van der Waals surface area (Å²) in [6, 6.07) is -0.153. The number of nitrogens with one attached hydrogen (secondary N) is 1. The molecule has 0 bridgehead atoms. The van der Waals surface area contributed by atoms with Gasteiger partial charge in [0.05, 0.1) is 16.1 Å². The molecule has 0 saturated carbocycles. The SMILES string of the molecule is CC(Nc1nc(Cl)ncc1Br)C(C)(C)O. The van der Waals surface area contributed by atoms with E-state index in [9.17, 15) is 5.11 Å². The zero-order valence-corrected chi connectivity index (χ0v) is 11.1. The lowest BCUT2D eigenvalue weighted by Crippen LogP contribution is -2.39. The van der Waals surface area contributed by atoms with E-state index in [1.807, 2.05) is 6.92 Å². The Hall–Kier alpha value is -0.390. The molecule has 0 aliphatic rings. The second kappa shape index (κ2) is 4.63. The number of aliphatic hydroxyl groups is 1. The van der Waals surface area contributed by atoms with E-state index >= 15 is 0 Å². The molecule has 84 valence electrons. The first-order chi connectivity index (χ1) is 6.80. The molecule has 15 heavy (non-hydrogen) atoms. The van der Waals surface area contributed by atoms with E-state index < -0.39 is 5.60 Å². The molecular weight excluding hydrogens is 281 g/mol. The molecule has 1 atom stereocenters. The van der Waals surface area contributed by atoms with Crippen LogP contribution in [0.15, 0.2) is 10.7 Å². The van der Waals surface area contributed by atoms with Gasteiger partial charge < -0.3 is 10.4 Å². The molecule has 0 spiro atoms. The van der Waals surface area contributed by atoms with Crippen LogP contribution >= 0.6 is 27.5 Å². The van der Waals surface area contributed by atoms with Crippen molar-refractivity contribution in [1.29, 1.82) is 0 Å². The lowest BCUT2D eigenvalue weighted by Gasteiger charge is -2.27. The molecule has 1 aromatic rings. The predicted octanol–water partition coefficient (Wildman–Crippen LogP) is 2.46. The van der Waals surface area contributed by atoms with Gasteiger partial charge in [-0.2, -0.15) is 4.98 Å². The first kappa shape index (κ1) is 12.7. The van der Waals surface area contributed by atoms with Crippen molar-refractivity contribution < 1.29 is 5.11 Å². The molecule has 6 heteroatoms. The Bertz CT molecular complexity index is 354. The molecule has 1 aromatic heterocycles. The monoisotopic (exact) mass is 293 g/mol. The highest BCUT2D eigenvalue weighted by Crippen LogP contribution is 2.22. The molecule has 0 aliphatic heterocycles. The first-order valence-electron chi connectivity index (χ1n) is 4.47. The summed E-state index contributed by atoms with van der Waals surface area (Å²) in [6.45, 7) is 5.31. The standard InChI is InChI=1S/C9H13BrClN3O/c1-5(9(2,3)15)13-7-6(10)4-12-8(11)14-7/h4-5,15H,1-3H3,(H,12,13,14). The van der Waals surface area contributed by atoms with Gasteiger partial charge in [0.15, 0.2) is 0 Å². The van der Waals surface area contributed by atoms with Gasteiger partial charge in [-0.3, -0.25) is 0 Å². The van der Waals surface area contributed by atoms with Crippen molar-refractivity contribution in [2.75, 3.05) is 5.32 Å². The van der Waals surface area contributed by atoms with Gasteiger partial charge in [-0.05, 0) is 48.3 Å². The Labute approximate surface area is 102 Å². The van der Waals surface area contributed by atoms with Gasteiger partial charge >= 0.3 is 0 Å². The summed E-state index contributed by atoms with van der Waals surface area (Å²) >= 11 is 8.97. The lowest BCUT2D eigenvalue weighted by atomic mass is 10.0. The molecule has 0 saturated heterocycles. The molecule has 0 radical (unpaired) electrons. The molecule has 0 amide bonds. The maximum atomic E-state index is 9.75. The van der Waals surface area contributed by atoms with Crippen molar-refractivity contribution in [1.82, 2.24) is 9.97 Å². The summed E-state index contributed by atoms with van der Waals surface area (Å²) in [5.41, 5.74) is -0.836. The normalized spacial score (nSPS) is 13.7. The fourth-order valence-corrected chi connectivity index (χ4v) is 1.27. The summed E-state index contributed by atoms with van der Waals surface area (Å²) in [5, 5.41) is 13.0.